The number of methoxy groups -OCH3 is 3. The summed E-state index contributed by atoms with van der Waals surface area (Å²) in [7, 11) is 4.20. The summed E-state index contributed by atoms with van der Waals surface area (Å²) < 4.78 is 15.3. The third-order valence-electron chi connectivity index (χ3n) is 4.20. The second-order valence-corrected chi connectivity index (χ2v) is 7.00. The number of aromatic nitrogens is 1. The highest BCUT2D eigenvalue weighted by molar-refractivity contribution is 7.17. The van der Waals surface area contributed by atoms with Gasteiger partial charge in [0.1, 0.15) is 9.88 Å². The smallest absolute Gasteiger partial charge is 0.340 e. The maximum atomic E-state index is 12.9. The van der Waals surface area contributed by atoms with Gasteiger partial charge < -0.3 is 19.5 Å². The summed E-state index contributed by atoms with van der Waals surface area (Å²) in [5.74, 6) is -0.250. The van der Waals surface area contributed by atoms with E-state index in [2.05, 4.69) is 10.3 Å². The number of amides is 1. The molecule has 1 amide bonds. The van der Waals surface area contributed by atoms with E-state index in [0.29, 0.717) is 22.1 Å². The van der Waals surface area contributed by atoms with Crippen molar-refractivity contribution >= 4 is 28.9 Å². The quantitative estimate of drug-likeness (QED) is 0.612. The van der Waals surface area contributed by atoms with Crippen molar-refractivity contribution in [3.05, 3.63) is 58.6 Å². The summed E-state index contributed by atoms with van der Waals surface area (Å²) in [6.07, 6.45) is 0. The van der Waals surface area contributed by atoms with Crippen LogP contribution < -0.4 is 14.8 Å². The van der Waals surface area contributed by atoms with Gasteiger partial charge in [-0.25, -0.2) is 9.78 Å². The monoisotopic (exact) mass is 412 g/mol. The second-order valence-electron chi connectivity index (χ2n) is 6.00. The van der Waals surface area contributed by atoms with E-state index in [1.165, 1.54) is 44.8 Å². The first-order valence-electron chi connectivity index (χ1n) is 8.67. The molecule has 2 aromatic carbocycles. The molecule has 0 bridgehead atoms. The third-order valence-corrected chi connectivity index (χ3v) is 5.41. The van der Waals surface area contributed by atoms with E-state index in [9.17, 15) is 9.59 Å². The topological polar surface area (TPSA) is 86.8 Å². The van der Waals surface area contributed by atoms with Crippen LogP contribution in [-0.4, -0.2) is 38.2 Å². The van der Waals surface area contributed by atoms with Gasteiger partial charge in [-0.05, 0) is 6.92 Å². The van der Waals surface area contributed by atoms with E-state index in [0.717, 1.165) is 10.6 Å². The average molecular weight is 412 g/mol. The molecule has 3 aromatic rings. The number of hydrogen-bond donors (Lipinski definition) is 1. The van der Waals surface area contributed by atoms with Crippen molar-refractivity contribution in [1.29, 1.82) is 0 Å². The first-order chi connectivity index (χ1) is 14.0. The van der Waals surface area contributed by atoms with Crippen molar-refractivity contribution in [2.75, 3.05) is 26.6 Å². The lowest BCUT2D eigenvalue weighted by Gasteiger charge is -2.14. The van der Waals surface area contributed by atoms with E-state index in [1.54, 1.807) is 6.92 Å². The number of hydrogen-bond acceptors (Lipinski definition) is 7. The summed E-state index contributed by atoms with van der Waals surface area (Å²) in [5.41, 5.74) is 1.95. The predicted octanol–water partition coefficient (Wildman–Crippen LogP) is 4.17. The van der Waals surface area contributed by atoms with Crippen LogP contribution in [0.4, 0.5) is 5.69 Å². The van der Waals surface area contributed by atoms with Crippen molar-refractivity contribution in [3.8, 4) is 22.1 Å². The Kier molecular flexibility index (Phi) is 6.13. The van der Waals surface area contributed by atoms with Crippen LogP contribution in [0.15, 0.2) is 42.5 Å². The average Bonchev–Trinajstić information content (AvgIpc) is 3.15. The molecular weight excluding hydrogens is 392 g/mol. The van der Waals surface area contributed by atoms with Crippen LogP contribution in [0.2, 0.25) is 0 Å². The van der Waals surface area contributed by atoms with Crippen molar-refractivity contribution < 1.29 is 23.8 Å². The van der Waals surface area contributed by atoms with Crippen LogP contribution in [0.1, 0.15) is 25.7 Å². The summed E-state index contributed by atoms with van der Waals surface area (Å²) in [4.78, 5) is 30.1. The third kappa shape index (κ3) is 4.22. The highest BCUT2D eigenvalue weighted by Gasteiger charge is 2.22. The fourth-order valence-electron chi connectivity index (χ4n) is 2.75. The van der Waals surface area contributed by atoms with E-state index >= 15 is 0 Å². The van der Waals surface area contributed by atoms with Crippen molar-refractivity contribution in [2.45, 2.75) is 6.92 Å². The standard InChI is InChI=1S/C21H20N2O5S/c1-12-18(29-20(22-12)13-8-6-5-7-9-13)19(24)23-15-11-17(27-3)16(26-2)10-14(15)21(25)28-4/h5-11H,1-4H3,(H,23,24). The van der Waals surface area contributed by atoms with E-state index in [-0.39, 0.29) is 17.2 Å². The summed E-state index contributed by atoms with van der Waals surface area (Å²) in [6, 6.07) is 12.6. The molecule has 0 fully saturated rings. The number of aryl methyl sites for hydroxylation is 1. The molecule has 0 aliphatic carbocycles. The molecule has 150 valence electrons. The van der Waals surface area contributed by atoms with Crippen LogP contribution in [0.5, 0.6) is 11.5 Å². The van der Waals surface area contributed by atoms with Gasteiger partial charge in [-0.1, -0.05) is 30.3 Å². The Morgan fingerprint density at radius 1 is 1.00 bits per heavy atom. The number of ether oxygens (including phenoxy) is 3. The van der Waals surface area contributed by atoms with Gasteiger partial charge in [0.15, 0.2) is 11.5 Å². The first kappa shape index (κ1) is 20.3. The minimum atomic E-state index is -0.604. The molecule has 0 spiro atoms. The zero-order valence-corrected chi connectivity index (χ0v) is 17.3. The van der Waals surface area contributed by atoms with Gasteiger partial charge in [-0.15, -0.1) is 11.3 Å². The number of benzene rings is 2. The maximum Gasteiger partial charge on any atom is 0.340 e. The zero-order chi connectivity index (χ0) is 21.0. The first-order valence-corrected chi connectivity index (χ1v) is 9.48. The van der Waals surface area contributed by atoms with E-state index in [4.69, 9.17) is 14.2 Å². The Hall–Kier alpha value is -3.39. The van der Waals surface area contributed by atoms with Gasteiger partial charge in [0.05, 0.1) is 38.3 Å². The molecule has 0 unspecified atom stereocenters. The van der Waals surface area contributed by atoms with Gasteiger partial charge in [-0.3, -0.25) is 4.79 Å². The largest absolute Gasteiger partial charge is 0.493 e. The maximum absolute atomic E-state index is 12.9. The summed E-state index contributed by atoms with van der Waals surface area (Å²) >= 11 is 1.28. The molecule has 0 saturated heterocycles. The van der Waals surface area contributed by atoms with Gasteiger partial charge in [-0.2, -0.15) is 0 Å². The summed E-state index contributed by atoms with van der Waals surface area (Å²) in [5, 5.41) is 3.51. The van der Waals surface area contributed by atoms with Crippen LogP contribution >= 0.6 is 11.3 Å². The van der Waals surface area contributed by atoms with Crippen molar-refractivity contribution in [1.82, 2.24) is 4.98 Å². The predicted molar refractivity (Wildman–Crippen MR) is 111 cm³/mol. The van der Waals surface area contributed by atoms with E-state index < -0.39 is 5.97 Å². The highest BCUT2D eigenvalue weighted by atomic mass is 32.1. The van der Waals surface area contributed by atoms with Crippen LogP contribution in [0, 0.1) is 6.92 Å². The fraction of sp³-hybridized carbons (Fsp3) is 0.190. The van der Waals surface area contributed by atoms with Crippen LogP contribution in [0.25, 0.3) is 10.6 Å². The zero-order valence-electron chi connectivity index (χ0n) is 16.4. The lowest BCUT2D eigenvalue weighted by Crippen LogP contribution is -2.15. The second kappa shape index (κ2) is 8.74. The SMILES string of the molecule is COC(=O)c1cc(OC)c(OC)cc1NC(=O)c1sc(-c2ccccc2)nc1C. The Morgan fingerprint density at radius 2 is 1.66 bits per heavy atom. The van der Waals surface area contributed by atoms with Gasteiger partial charge in [0.25, 0.3) is 5.91 Å². The highest BCUT2D eigenvalue weighted by Crippen LogP contribution is 2.35. The molecule has 3 rings (SSSR count). The molecule has 1 N–H and O–H groups in total. The molecule has 0 aliphatic rings. The number of anilines is 1. The Balaban J connectivity index is 1.96. The Bertz CT molecular complexity index is 1050. The molecule has 8 heteroatoms. The normalized spacial score (nSPS) is 10.3. The van der Waals surface area contributed by atoms with Crippen LogP contribution in [-0.2, 0) is 4.74 Å². The van der Waals surface area contributed by atoms with Crippen molar-refractivity contribution in [2.24, 2.45) is 0 Å². The molecular formula is C21H20N2O5S. The molecule has 0 radical (unpaired) electrons. The number of thiazole rings is 1. The number of esters is 1. The summed E-state index contributed by atoms with van der Waals surface area (Å²) in [6.45, 7) is 1.77. The Labute approximate surface area is 172 Å². The molecule has 0 atom stereocenters. The molecule has 1 aromatic heterocycles. The molecule has 0 saturated carbocycles. The lowest BCUT2D eigenvalue weighted by molar-refractivity contribution is 0.0601. The van der Waals surface area contributed by atoms with Gasteiger partial charge in [0.2, 0.25) is 0 Å². The minimum absolute atomic E-state index is 0.156. The number of rotatable bonds is 6. The number of carbonyl (C=O) groups excluding carboxylic acids is 2. The van der Waals surface area contributed by atoms with Gasteiger partial charge in [0, 0.05) is 17.7 Å². The fourth-order valence-corrected chi connectivity index (χ4v) is 3.72. The molecule has 29 heavy (non-hydrogen) atoms. The molecule has 1 heterocycles. The lowest BCUT2D eigenvalue weighted by atomic mass is 10.1. The van der Waals surface area contributed by atoms with Gasteiger partial charge >= 0.3 is 5.97 Å². The van der Waals surface area contributed by atoms with Crippen LogP contribution in [0.3, 0.4) is 0 Å². The number of nitrogens with zero attached hydrogens (tertiary/aromatic N) is 1. The molecule has 7 nitrogen and oxygen atoms in total. The van der Waals surface area contributed by atoms with E-state index in [1.807, 2.05) is 30.3 Å². The molecule has 0 aliphatic heterocycles. The minimum Gasteiger partial charge on any atom is -0.493 e. The number of nitrogens with one attached hydrogen (secondary N) is 1. The Morgan fingerprint density at radius 3 is 2.28 bits per heavy atom. The number of carbonyl (C=O) groups is 2. The van der Waals surface area contributed by atoms with Crippen molar-refractivity contribution in [3.63, 3.8) is 0 Å².